The van der Waals surface area contributed by atoms with Gasteiger partial charge in [0.05, 0.1) is 6.61 Å². The summed E-state index contributed by atoms with van der Waals surface area (Å²) in [6, 6.07) is 0. The monoisotopic (exact) mass is 244 g/mol. The van der Waals surface area contributed by atoms with E-state index in [1.165, 1.54) is 0 Å². The molecule has 0 rings (SSSR count). The summed E-state index contributed by atoms with van der Waals surface area (Å²) in [7, 11) is -7.53. The molecule has 0 aromatic heterocycles. The van der Waals surface area contributed by atoms with E-state index in [-0.39, 0.29) is 19.2 Å². The quantitative estimate of drug-likeness (QED) is 0.700. The Kier molecular flexibility index (Phi) is 5.56. The van der Waals surface area contributed by atoms with Gasteiger partial charge in [-0.15, -0.1) is 0 Å². The molecule has 2 N–H and O–H groups in total. The molecule has 2 atom stereocenters. The summed E-state index contributed by atoms with van der Waals surface area (Å²) in [6.07, 6.45) is 0.319. The summed E-state index contributed by atoms with van der Waals surface area (Å²) in [5.74, 6) is 0. The van der Waals surface area contributed by atoms with Crippen molar-refractivity contribution in [1.82, 2.24) is 0 Å². The molecule has 0 heterocycles. The maximum atomic E-state index is 12.0. The van der Waals surface area contributed by atoms with Crippen LogP contribution in [0.4, 0.5) is 0 Å². The van der Waals surface area contributed by atoms with Crippen LogP contribution < -0.4 is 0 Å². The zero-order valence-corrected chi connectivity index (χ0v) is 10.5. The van der Waals surface area contributed by atoms with Crippen LogP contribution in [0.1, 0.15) is 27.2 Å². The molecule has 0 aromatic carbocycles. The lowest BCUT2D eigenvalue weighted by Gasteiger charge is -2.25. The summed E-state index contributed by atoms with van der Waals surface area (Å²) < 4.78 is 28.2. The largest absolute Gasteiger partial charge is 0.338 e. The number of rotatable bonds is 6. The van der Waals surface area contributed by atoms with Crippen molar-refractivity contribution >= 4 is 15.0 Å². The first-order valence-corrected chi connectivity index (χ1v) is 8.16. The fourth-order valence-corrected chi connectivity index (χ4v) is 6.12. The Bertz CT molecular complexity index is 259. The second kappa shape index (κ2) is 5.43. The molecule has 0 saturated heterocycles. The molecule has 0 spiro atoms. The van der Waals surface area contributed by atoms with Crippen molar-refractivity contribution in [2.24, 2.45) is 0 Å². The van der Waals surface area contributed by atoms with Gasteiger partial charge in [-0.1, -0.05) is 13.8 Å². The van der Waals surface area contributed by atoms with E-state index in [1.54, 1.807) is 20.8 Å². The van der Waals surface area contributed by atoms with Crippen molar-refractivity contribution in [3.8, 4) is 0 Å². The van der Waals surface area contributed by atoms with Crippen molar-refractivity contribution in [3.05, 3.63) is 0 Å². The van der Waals surface area contributed by atoms with Crippen molar-refractivity contribution < 1.29 is 23.4 Å². The highest BCUT2D eigenvalue weighted by atomic mass is 31.2. The first kappa shape index (κ1) is 14.3. The van der Waals surface area contributed by atoms with E-state index in [0.717, 1.165) is 0 Å². The molecular formula is C7H18O5P2. The van der Waals surface area contributed by atoms with Gasteiger partial charge in [0.15, 0.2) is 0 Å². The van der Waals surface area contributed by atoms with E-state index < -0.39 is 20.4 Å². The van der Waals surface area contributed by atoms with Crippen molar-refractivity contribution in [3.63, 3.8) is 0 Å². The zero-order valence-electron chi connectivity index (χ0n) is 8.71. The van der Waals surface area contributed by atoms with E-state index in [2.05, 4.69) is 0 Å². The number of hydrogen-bond donors (Lipinski definition) is 2. The van der Waals surface area contributed by atoms with Crippen LogP contribution in [0, 0.1) is 0 Å². The lowest BCUT2D eigenvalue weighted by Crippen LogP contribution is -2.12. The second-order valence-electron chi connectivity index (χ2n) is 2.94. The van der Waals surface area contributed by atoms with Gasteiger partial charge in [-0.3, -0.25) is 9.13 Å². The molecule has 7 heteroatoms. The van der Waals surface area contributed by atoms with Gasteiger partial charge in [0.25, 0.3) is 0 Å². The predicted molar refractivity (Wildman–Crippen MR) is 55.9 cm³/mol. The maximum absolute atomic E-state index is 12.0. The first-order chi connectivity index (χ1) is 6.31. The van der Waals surface area contributed by atoms with Gasteiger partial charge >= 0.3 is 7.60 Å². The van der Waals surface area contributed by atoms with Crippen LogP contribution in [0.25, 0.3) is 0 Å². The van der Waals surface area contributed by atoms with Crippen LogP contribution in [0.2, 0.25) is 0 Å². The summed E-state index contributed by atoms with van der Waals surface area (Å²) in [5.41, 5.74) is 0. The molecule has 0 aliphatic rings. The molecule has 2 unspecified atom stereocenters. The fourth-order valence-electron chi connectivity index (χ4n) is 1.35. The highest BCUT2D eigenvalue weighted by Crippen LogP contribution is 2.66. The molecule has 0 aliphatic heterocycles. The Balaban J connectivity index is 4.98. The Labute approximate surface area is 84.5 Å². The summed E-state index contributed by atoms with van der Waals surface area (Å²) in [4.78, 5) is 18.1. The molecule has 0 aliphatic carbocycles. The summed E-state index contributed by atoms with van der Waals surface area (Å²) >= 11 is 0. The third kappa shape index (κ3) is 3.48. The summed E-state index contributed by atoms with van der Waals surface area (Å²) in [5, 5.41) is -1.15. The van der Waals surface area contributed by atoms with Gasteiger partial charge < -0.3 is 14.3 Å². The van der Waals surface area contributed by atoms with E-state index in [9.17, 15) is 9.13 Å². The fraction of sp³-hybridized carbons (Fsp3) is 1.00. The van der Waals surface area contributed by atoms with Crippen LogP contribution in [0.15, 0.2) is 0 Å². The Morgan fingerprint density at radius 1 is 1.21 bits per heavy atom. The van der Waals surface area contributed by atoms with Crippen LogP contribution in [-0.4, -0.2) is 28.0 Å². The normalized spacial score (nSPS) is 18.9. The smallest absolute Gasteiger partial charge is 0.328 e. The highest BCUT2D eigenvalue weighted by molar-refractivity contribution is 7.74. The topological polar surface area (TPSA) is 83.8 Å². The van der Waals surface area contributed by atoms with Crippen LogP contribution in [-0.2, 0) is 13.7 Å². The molecule has 0 aromatic rings. The van der Waals surface area contributed by atoms with Gasteiger partial charge in [0.2, 0.25) is 7.37 Å². The lowest BCUT2D eigenvalue weighted by molar-refractivity contribution is 0.319. The van der Waals surface area contributed by atoms with Crippen LogP contribution >= 0.6 is 15.0 Å². The Morgan fingerprint density at radius 2 is 1.71 bits per heavy atom. The van der Waals surface area contributed by atoms with E-state index in [1.807, 2.05) is 0 Å². The van der Waals surface area contributed by atoms with E-state index in [4.69, 9.17) is 14.3 Å². The van der Waals surface area contributed by atoms with Crippen LogP contribution in [0.3, 0.4) is 0 Å². The maximum Gasteiger partial charge on any atom is 0.338 e. The van der Waals surface area contributed by atoms with Crippen LogP contribution in [0.5, 0.6) is 0 Å². The minimum absolute atomic E-state index is 0.157. The third-order valence-corrected chi connectivity index (χ3v) is 7.95. The lowest BCUT2D eigenvalue weighted by atomic mass is 10.6. The highest BCUT2D eigenvalue weighted by Gasteiger charge is 2.43. The average molecular weight is 244 g/mol. The van der Waals surface area contributed by atoms with Gasteiger partial charge in [0, 0.05) is 6.16 Å². The minimum atomic E-state index is -4.33. The summed E-state index contributed by atoms with van der Waals surface area (Å²) in [6.45, 7) is 5.09. The SMILES string of the molecule is CCOP(=O)(CC)C(CC)P(=O)(O)O. The van der Waals surface area contributed by atoms with E-state index in [0.29, 0.717) is 0 Å². The molecular weight excluding hydrogens is 226 g/mol. The third-order valence-electron chi connectivity index (χ3n) is 2.00. The second-order valence-corrected chi connectivity index (χ2v) is 8.11. The van der Waals surface area contributed by atoms with Gasteiger partial charge in [-0.2, -0.15) is 0 Å². The van der Waals surface area contributed by atoms with Gasteiger partial charge in [-0.25, -0.2) is 0 Å². The van der Waals surface area contributed by atoms with E-state index >= 15 is 0 Å². The molecule has 14 heavy (non-hydrogen) atoms. The molecule has 0 amide bonds. The first-order valence-electron chi connectivity index (χ1n) is 4.60. The van der Waals surface area contributed by atoms with Crippen molar-refractivity contribution in [2.45, 2.75) is 32.6 Å². The Morgan fingerprint density at radius 3 is 1.93 bits per heavy atom. The van der Waals surface area contributed by atoms with Gasteiger partial charge in [-0.05, 0) is 13.3 Å². The molecule has 0 bridgehead atoms. The van der Waals surface area contributed by atoms with Crippen molar-refractivity contribution in [2.75, 3.05) is 12.8 Å². The molecule has 86 valence electrons. The van der Waals surface area contributed by atoms with Crippen molar-refractivity contribution in [1.29, 1.82) is 0 Å². The zero-order chi connectivity index (χ0) is 11.4. The molecule has 0 fully saturated rings. The molecule has 5 nitrogen and oxygen atoms in total. The Hall–Kier alpha value is 0.340. The predicted octanol–water partition coefficient (Wildman–Crippen LogP) is 2.23. The minimum Gasteiger partial charge on any atom is -0.328 e. The molecule has 0 saturated carbocycles. The standard InChI is InChI=1S/C7H18O5P2/c1-4-7(14(9,10)11)13(8,6-3)12-5-2/h7H,4-6H2,1-3H3,(H2,9,10,11). The number of hydrogen-bond acceptors (Lipinski definition) is 3. The van der Waals surface area contributed by atoms with Gasteiger partial charge in [0.1, 0.15) is 5.40 Å². The molecule has 0 radical (unpaired) electrons. The average Bonchev–Trinajstić information content (AvgIpc) is 2.03.